The molecule has 2 aliphatic rings. The lowest BCUT2D eigenvalue weighted by Crippen LogP contribution is -2.32. The first-order chi connectivity index (χ1) is 9.63. The maximum absolute atomic E-state index is 11.2. The standard InChI is InChI=1S/C14H18N4OS/c15-13(20)10-6-8-2-1-3-11(8)18-14(10)16-7-9-4-5-12(19)17-9/h6,9H,1-5,7H2,(H2,15,20)(H,16,18)(H,17,19). The van der Waals surface area contributed by atoms with E-state index in [4.69, 9.17) is 18.0 Å². The van der Waals surface area contributed by atoms with Crippen molar-refractivity contribution in [3.8, 4) is 0 Å². The van der Waals surface area contributed by atoms with E-state index >= 15 is 0 Å². The molecule has 0 saturated carbocycles. The molecule has 4 N–H and O–H groups in total. The number of nitrogens with one attached hydrogen (secondary N) is 2. The maximum Gasteiger partial charge on any atom is 0.220 e. The molecule has 2 heterocycles. The molecule has 1 aromatic rings. The first kappa shape index (κ1) is 13.3. The zero-order valence-corrected chi connectivity index (χ0v) is 12.1. The molecule has 106 valence electrons. The predicted molar refractivity (Wildman–Crippen MR) is 81.8 cm³/mol. The Hall–Kier alpha value is -1.69. The Kier molecular flexibility index (Phi) is 3.56. The third kappa shape index (κ3) is 2.60. The number of nitrogens with two attached hydrogens (primary N) is 1. The summed E-state index contributed by atoms with van der Waals surface area (Å²) in [6.07, 6.45) is 4.67. The Labute approximate surface area is 123 Å². The lowest BCUT2D eigenvalue weighted by atomic mass is 10.1. The second-order valence-electron chi connectivity index (χ2n) is 5.39. The Balaban J connectivity index is 1.77. The van der Waals surface area contributed by atoms with Gasteiger partial charge in [-0.3, -0.25) is 4.79 Å². The van der Waals surface area contributed by atoms with Gasteiger partial charge in [0.15, 0.2) is 0 Å². The van der Waals surface area contributed by atoms with Crippen LogP contribution in [-0.2, 0) is 17.6 Å². The first-order valence-electron chi connectivity index (χ1n) is 6.99. The second-order valence-corrected chi connectivity index (χ2v) is 5.83. The molecule has 0 aromatic carbocycles. The van der Waals surface area contributed by atoms with Gasteiger partial charge in [0.2, 0.25) is 5.91 Å². The molecule has 5 nitrogen and oxygen atoms in total. The number of rotatable bonds is 4. The molecule has 1 fully saturated rings. The number of aromatic nitrogens is 1. The summed E-state index contributed by atoms with van der Waals surface area (Å²) < 4.78 is 0. The van der Waals surface area contributed by atoms with E-state index in [1.807, 2.05) is 0 Å². The van der Waals surface area contributed by atoms with Gasteiger partial charge in [-0.1, -0.05) is 12.2 Å². The SMILES string of the molecule is NC(=S)c1cc2c(nc1NCC1CCC(=O)N1)CCC2. The molecule has 3 rings (SSSR count). The topological polar surface area (TPSA) is 80.0 Å². The number of amides is 1. The molecule has 20 heavy (non-hydrogen) atoms. The highest BCUT2D eigenvalue weighted by Gasteiger charge is 2.22. The molecule has 6 heteroatoms. The number of thiocarbonyl (C=S) groups is 1. The fourth-order valence-electron chi connectivity index (χ4n) is 2.84. The van der Waals surface area contributed by atoms with Gasteiger partial charge in [-0.25, -0.2) is 4.98 Å². The van der Waals surface area contributed by atoms with Crippen LogP contribution in [0, 0.1) is 0 Å². The van der Waals surface area contributed by atoms with E-state index in [0.29, 0.717) is 18.0 Å². The minimum atomic E-state index is 0.119. The molecule has 1 unspecified atom stereocenters. The van der Waals surface area contributed by atoms with Gasteiger partial charge in [-0.05, 0) is 37.3 Å². The summed E-state index contributed by atoms with van der Waals surface area (Å²) in [5, 5.41) is 6.23. The molecule has 1 saturated heterocycles. The van der Waals surface area contributed by atoms with E-state index < -0.39 is 0 Å². The summed E-state index contributed by atoms with van der Waals surface area (Å²) in [5.41, 5.74) is 9.00. The van der Waals surface area contributed by atoms with Crippen LogP contribution in [0.5, 0.6) is 0 Å². The van der Waals surface area contributed by atoms with Gasteiger partial charge in [-0.2, -0.15) is 0 Å². The average molecular weight is 290 g/mol. The summed E-state index contributed by atoms with van der Waals surface area (Å²) >= 11 is 5.12. The van der Waals surface area contributed by atoms with Gasteiger partial charge in [0.1, 0.15) is 10.8 Å². The minimum absolute atomic E-state index is 0.119. The Morgan fingerprint density at radius 3 is 3.05 bits per heavy atom. The van der Waals surface area contributed by atoms with E-state index in [-0.39, 0.29) is 11.9 Å². The summed E-state index contributed by atoms with van der Waals surface area (Å²) in [6, 6.07) is 2.23. The fraction of sp³-hybridized carbons (Fsp3) is 0.500. The highest BCUT2D eigenvalue weighted by Crippen LogP contribution is 2.25. The largest absolute Gasteiger partial charge is 0.389 e. The third-order valence-corrected chi connectivity index (χ3v) is 4.14. The van der Waals surface area contributed by atoms with Gasteiger partial charge < -0.3 is 16.4 Å². The smallest absolute Gasteiger partial charge is 0.220 e. The average Bonchev–Trinajstić information content (AvgIpc) is 3.03. The summed E-state index contributed by atoms with van der Waals surface area (Å²) in [4.78, 5) is 16.2. The van der Waals surface area contributed by atoms with Crippen LogP contribution in [0.25, 0.3) is 0 Å². The van der Waals surface area contributed by atoms with Crippen molar-refractivity contribution >= 4 is 28.9 Å². The second kappa shape index (κ2) is 5.36. The predicted octanol–water partition coefficient (Wildman–Crippen LogP) is 0.895. The van der Waals surface area contributed by atoms with Crippen molar-refractivity contribution in [1.29, 1.82) is 0 Å². The van der Waals surface area contributed by atoms with Gasteiger partial charge >= 0.3 is 0 Å². The van der Waals surface area contributed by atoms with Crippen LogP contribution in [0.4, 0.5) is 5.82 Å². The van der Waals surface area contributed by atoms with Crippen LogP contribution in [0.1, 0.15) is 36.1 Å². The number of fused-ring (bicyclic) bond motifs is 1. The molecule has 1 aliphatic carbocycles. The number of carbonyl (C=O) groups is 1. The monoisotopic (exact) mass is 290 g/mol. The fourth-order valence-corrected chi connectivity index (χ4v) is 3.00. The third-order valence-electron chi connectivity index (χ3n) is 3.92. The summed E-state index contributed by atoms with van der Waals surface area (Å²) in [6.45, 7) is 0.660. The normalized spacial score (nSPS) is 20.6. The van der Waals surface area contributed by atoms with Crippen molar-refractivity contribution in [2.24, 2.45) is 5.73 Å². The van der Waals surface area contributed by atoms with Crippen molar-refractivity contribution in [2.45, 2.75) is 38.1 Å². The first-order valence-corrected chi connectivity index (χ1v) is 7.40. The Morgan fingerprint density at radius 1 is 1.50 bits per heavy atom. The van der Waals surface area contributed by atoms with E-state index in [9.17, 15) is 4.79 Å². The van der Waals surface area contributed by atoms with E-state index in [1.165, 1.54) is 5.56 Å². The molecule has 0 radical (unpaired) electrons. The van der Waals surface area contributed by atoms with Crippen LogP contribution in [0.15, 0.2) is 6.07 Å². The summed E-state index contributed by atoms with van der Waals surface area (Å²) in [7, 11) is 0. The molecule has 1 amide bonds. The van der Waals surface area contributed by atoms with Crippen LogP contribution < -0.4 is 16.4 Å². The molecular weight excluding hydrogens is 272 g/mol. The lowest BCUT2D eigenvalue weighted by molar-refractivity contribution is -0.119. The molecule has 0 bridgehead atoms. The molecule has 0 spiro atoms. The number of carbonyl (C=O) groups excluding carboxylic acids is 1. The molecular formula is C14H18N4OS. The quantitative estimate of drug-likeness (QED) is 0.718. The number of pyridine rings is 1. The number of hydrogen-bond acceptors (Lipinski definition) is 4. The van der Waals surface area contributed by atoms with Crippen molar-refractivity contribution in [3.05, 3.63) is 22.9 Å². The van der Waals surface area contributed by atoms with Crippen molar-refractivity contribution < 1.29 is 4.79 Å². The van der Waals surface area contributed by atoms with Crippen LogP contribution in [0.3, 0.4) is 0 Å². The zero-order valence-electron chi connectivity index (χ0n) is 11.2. The molecule has 1 aliphatic heterocycles. The Morgan fingerprint density at radius 2 is 2.35 bits per heavy atom. The Bertz CT molecular complexity index is 573. The van der Waals surface area contributed by atoms with Gasteiger partial charge in [0, 0.05) is 24.7 Å². The number of anilines is 1. The highest BCUT2D eigenvalue weighted by atomic mass is 32.1. The number of aryl methyl sites for hydroxylation is 2. The van der Waals surface area contributed by atoms with Crippen molar-refractivity contribution in [2.75, 3.05) is 11.9 Å². The molecule has 1 atom stereocenters. The maximum atomic E-state index is 11.2. The van der Waals surface area contributed by atoms with E-state index in [2.05, 4.69) is 21.7 Å². The van der Waals surface area contributed by atoms with Crippen LogP contribution in [0.2, 0.25) is 0 Å². The van der Waals surface area contributed by atoms with Crippen LogP contribution >= 0.6 is 12.2 Å². The van der Waals surface area contributed by atoms with Crippen molar-refractivity contribution in [1.82, 2.24) is 10.3 Å². The van der Waals surface area contributed by atoms with Gasteiger partial charge in [-0.15, -0.1) is 0 Å². The lowest BCUT2D eigenvalue weighted by Gasteiger charge is -2.15. The molecule has 1 aromatic heterocycles. The van der Waals surface area contributed by atoms with E-state index in [1.54, 1.807) is 0 Å². The zero-order chi connectivity index (χ0) is 14.1. The van der Waals surface area contributed by atoms with Crippen molar-refractivity contribution in [3.63, 3.8) is 0 Å². The minimum Gasteiger partial charge on any atom is -0.389 e. The van der Waals surface area contributed by atoms with Gasteiger partial charge in [0.25, 0.3) is 0 Å². The number of nitrogens with zero attached hydrogens (tertiary/aromatic N) is 1. The van der Waals surface area contributed by atoms with Crippen LogP contribution in [-0.4, -0.2) is 28.5 Å². The van der Waals surface area contributed by atoms with Gasteiger partial charge in [0.05, 0.1) is 5.56 Å². The number of hydrogen-bond donors (Lipinski definition) is 3. The highest BCUT2D eigenvalue weighted by molar-refractivity contribution is 7.80. The summed E-state index contributed by atoms with van der Waals surface area (Å²) in [5.74, 6) is 0.868. The van der Waals surface area contributed by atoms with E-state index in [0.717, 1.165) is 42.8 Å².